The highest BCUT2D eigenvalue weighted by atomic mass is 35.5. The van der Waals surface area contributed by atoms with Crippen LogP contribution in [0.5, 0.6) is 0 Å². The molecule has 0 spiro atoms. The fourth-order valence-electron chi connectivity index (χ4n) is 2.02. The zero-order valence-corrected chi connectivity index (χ0v) is 11.7. The Labute approximate surface area is 118 Å². The monoisotopic (exact) mass is 276 g/mol. The van der Waals surface area contributed by atoms with Gasteiger partial charge < -0.3 is 4.57 Å². The molecule has 0 saturated heterocycles. The summed E-state index contributed by atoms with van der Waals surface area (Å²) >= 11 is 5.82. The minimum atomic E-state index is 0.172. The van der Waals surface area contributed by atoms with Crippen molar-refractivity contribution in [1.29, 1.82) is 0 Å². The fourth-order valence-corrected chi connectivity index (χ4v) is 2.15. The molecule has 0 saturated carbocycles. The molecule has 0 amide bonds. The lowest BCUT2D eigenvalue weighted by Gasteiger charge is -2.06. The molecule has 1 aromatic heterocycles. The van der Waals surface area contributed by atoms with Gasteiger partial charge in [0.1, 0.15) is 11.6 Å². The number of rotatable bonds is 6. The van der Waals surface area contributed by atoms with Gasteiger partial charge in [0, 0.05) is 30.4 Å². The number of hydrogen-bond acceptors (Lipinski definition) is 2. The second kappa shape index (κ2) is 6.53. The SMILES string of the molecule is CCCn1ccnc1CC(=O)Cc1ccc(Cl)cc1. The summed E-state index contributed by atoms with van der Waals surface area (Å²) in [5.74, 6) is 1.02. The first-order valence-corrected chi connectivity index (χ1v) is 6.83. The second-order valence-electron chi connectivity index (χ2n) is 4.56. The standard InChI is InChI=1S/C15H17ClN2O/c1-2-8-18-9-7-17-15(18)11-14(19)10-12-3-5-13(16)6-4-12/h3-7,9H,2,8,10-11H2,1H3. The van der Waals surface area contributed by atoms with Crippen LogP contribution in [-0.4, -0.2) is 15.3 Å². The van der Waals surface area contributed by atoms with Crippen LogP contribution in [0.1, 0.15) is 24.7 Å². The quantitative estimate of drug-likeness (QED) is 0.811. The Kier molecular flexibility index (Phi) is 4.74. The summed E-state index contributed by atoms with van der Waals surface area (Å²) < 4.78 is 2.04. The Morgan fingerprint density at radius 3 is 2.68 bits per heavy atom. The maximum Gasteiger partial charge on any atom is 0.144 e. The number of nitrogens with zero attached hydrogens (tertiary/aromatic N) is 2. The molecular formula is C15H17ClN2O. The van der Waals surface area contributed by atoms with E-state index < -0.39 is 0 Å². The van der Waals surface area contributed by atoms with Crippen molar-refractivity contribution in [2.45, 2.75) is 32.7 Å². The molecule has 0 unspecified atom stereocenters. The van der Waals surface area contributed by atoms with Crippen LogP contribution in [0.2, 0.25) is 5.02 Å². The molecule has 1 heterocycles. The number of carbonyl (C=O) groups excluding carboxylic acids is 1. The van der Waals surface area contributed by atoms with Crippen molar-refractivity contribution in [1.82, 2.24) is 9.55 Å². The number of Topliss-reactive ketones (excluding diaryl/α,β-unsaturated/α-hetero) is 1. The minimum absolute atomic E-state index is 0.172. The summed E-state index contributed by atoms with van der Waals surface area (Å²) in [6.07, 6.45) is 5.52. The maximum atomic E-state index is 12.0. The zero-order valence-electron chi connectivity index (χ0n) is 11.0. The molecule has 1 aromatic carbocycles. The lowest BCUT2D eigenvalue weighted by atomic mass is 10.1. The second-order valence-corrected chi connectivity index (χ2v) is 4.99. The molecule has 4 heteroatoms. The number of imidazole rings is 1. The highest BCUT2D eigenvalue weighted by Gasteiger charge is 2.09. The molecule has 0 bridgehead atoms. The molecule has 0 aliphatic heterocycles. The Hall–Kier alpha value is -1.61. The molecule has 19 heavy (non-hydrogen) atoms. The van der Waals surface area contributed by atoms with Gasteiger partial charge in [0.2, 0.25) is 0 Å². The predicted molar refractivity (Wildman–Crippen MR) is 76.4 cm³/mol. The number of ketones is 1. The van der Waals surface area contributed by atoms with Gasteiger partial charge in [-0.05, 0) is 24.1 Å². The van der Waals surface area contributed by atoms with Crippen molar-refractivity contribution < 1.29 is 4.79 Å². The molecule has 3 nitrogen and oxygen atoms in total. The Morgan fingerprint density at radius 1 is 1.26 bits per heavy atom. The molecule has 0 aliphatic rings. The van der Waals surface area contributed by atoms with Gasteiger partial charge in [0.25, 0.3) is 0 Å². The van der Waals surface area contributed by atoms with Crippen molar-refractivity contribution in [3.63, 3.8) is 0 Å². The normalized spacial score (nSPS) is 10.6. The number of halogens is 1. The molecule has 0 atom stereocenters. The topological polar surface area (TPSA) is 34.9 Å². The summed E-state index contributed by atoms with van der Waals surface area (Å²) in [4.78, 5) is 16.3. The third-order valence-electron chi connectivity index (χ3n) is 2.94. The van der Waals surface area contributed by atoms with Gasteiger partial charge >= 0.3 is 0 Å². The molecule has 2 rings (SSSR count). The van der Waals surface area contributed by atoms with Crippen LogP contribution in [0, 0.1) is 0 Å². The Balaban J connectivity index is 1.97. The Morgan fingerprint density at radius 2 is 2.00 bits per heavy atom. The molecule has 0 radical (unpaired) electrons. The number of carbonyl (C=O) groups is 1. The zero-order chi connectivity index (χ0) is 13.7. The average molecular weight is 277 g/mol. The summed E-state index contributed by atoms with van der Waals surface area (Å²) in [6, 6.07) is 7.39. The first-order chi connectivity index (χ1) is 9.19. The minimum Gasteiger partial charge on any atom is -0.335 e. The van der Waals surface area contributed by atoms with Gasteiger partial charge in [-0.1, -0.05) is 30.7 Å². The van der Waals surface area contributed by atoms with Crippen molar-refractivity contribution in [3.8, 4) is 0 Å². The highest BCUT2D eigenvalue weighted by molar-refractivity contribution is 6.30. The van der Waals surface area contributed by atoms with E-state index in [4.69, 9.17) is 11.6 Å². The van der Waals surface area contributed by atoms with Crippen LogP contribution in [0.4, 0.5) is 0 Å². The molecule has 0 aliphatic carbocycles. The number of hydrogen-bond donors (Lipinski definition) is 0. The average Bonchev–Trinajstić information content (AvgIpc) is 2.80. The number of aromatic nitrogens is 2. The van der Waals surface area contributed by atoms with Crippen molar-refractivity contribution >= 4 is 17.4 Å². The Bertz CT molecular complexity index is 546. The van der Waals surface area contributed by atoms with Crippen LogP contribution >= 0.6 is 11.6 Å². The van der Waals surface area contributed by atoms with E-state index in [1.165, 1.54) is 0 Å². The summed E-state index contributed by atoms with van der Waals surface area (Å²) in [5, 5.41) is 0.690. The lowest BCUT2D eigenvalue weighted by molar-refractivity contribution is -0.117. The third kappa shape index (κ3) is 3.93. The molecule has 100 valence electrons. The first kappa shape index (κ1) is 13.8. The van der Waals surface area contributed by atoms with E-state index in [1.54, 1.807) is 6.20 Å². The van der Waals surface area contributed by atoms with Gasteiger partial charge in [-0.15, -0.1) is 0 Å². The van der Waals surface area contributed by atoms with Crippen LogP contribution in [0.3, 0.4) is 0 Å². The number of benzene rings is 1. The lowest BCUT2D eigenvalue weighted by Crippen LogP contribution is -2.12. The molecule has 2 aromatic rings. The largest absolute Gasteiger partial charge is 0.335 e. The van der Waals surface area contributed by atoms with Crippen molar-refractivity contribution in [2.24, 2.45) is 0 Å². The highest BCUT2D eigenvalue weighted by Crippen LogP contribution is 2.11. The number of aryl methyl sites for hydroxylation is 1. The van der Waals surface area contributed by atoms with Crippen molar-refractivity contribution in [3.05, 3.63) is 53.1 Å². The van der Waals surface area contributed by atoms with Crippen LogP contribution < -0.4 is 0 Å². The van der Waals surface area contributed by atoms with E-state index in [-0.39, 0.29) is 5.78 Å². The molecule has 0 fully saturated rings. The molecule has 0 N–H and O–H groups in total. The van der Waals surface area contributed by atoms with E-state index in [0.717, 1.165) is 24.4 Å². The van der Waals surface area contributed by atoms with E-state index in [2.05, 4.69) is 11.9 Å². The maximum absolute atomic E-state index is 12.0. The summed E-state index contributed by atoms with van der Waals surface area (Å²) in [6.45, 7) is 3.02. The van der Waals surface area contributed by atoms with Crippen LogP contribution in [-0.2, 0) is 24.2 Å². The van der Waals surface area contributed by atoms with Gasteiger partial charge in [-0.2, -0.15) is 0 Å². The van der Waals surface area contributed by atoms with Crippen LogP contribution in [0.25, 0.3) is 0 Å². The van der Waals surface area contributed by atoms with E-state index in [0.29, 0.717) is 17.9 Å². The molecular weight excluding hydrogens is 260 g/mol. The van der Waals surface area contributed by atoms with Crippen LogP contribution in [0.15, 0.2) is 36.7 Å². The van der Waals surface area contributed by atoms with Crippen molar-refractivity contribution in [2.75, 3.05) is 0 Å². The smallest absolute Gasteiger partial charge is 0.144 e. The van der Waals surface area contributed by atoms with Gasteiger partial charge in [0.15, 0.2) is 0 Å². The van der Waals surface area contributed by atoms with Gasteiger partial charge in [-0.3, -0.25) is 4.79 Å². The fraction of sp³-hybridized carbons (Fsp3) is 0.333. The van der Waals surface area contributed by atoms with E-state index in [1.807, 2.05) is 35.0 Å². The third-order valence-corrected chi connectivity index (χ3v) is 3.19. The first-order valence-electron chi connectivity index (χ1n) is 6.45. The van der Waals surface area contributed by atoms with Gasteiger partial charge in [0.05, 0.1) is 6.42 Å². The van der Waals surface area contributed by atoms with Gasteiger partial charge in [-0.25, -0.2) is 4.98 Å². The predicted octanol–water partition coefficient (Wildman–Crippen LogP) is 3.30. The van der Waals surface area contributed by atoms with E-state index >= 15 is 0 Å². The summed E-state index contributed by atoms with van der Waals surface area (Å²) in [7, 11) is 0. The van der Waals surface area contributed by atoms with E-state index in [9.17, 15) is 4.79 Å². The summed E-state index contributed by atoms with van der Waals surface area (Å²) in [5.41, 5.74) is 0.989.